The van der Waals surface area contributed by atoms with Crippen molar-refractivity contribution in [1.82, 2.24) is 14.8 Å². The van der Waals surface area contributed by atoms with Gasteiger partial charge >= 0.3 is 5.97 Å². The summed E-state index contributed by atoms with van der Waals surface area (Å²) in [6.45, 7) is 6.26. The molecule has 1 heterocycles. The van der Waals surface area contributed by atoms with Crippen molar-refractivity contribution in [3.8, 4) is 5.75 Å². The number of hydrogen-bond acceptors (Lipinski definition) is 5. The normalized spacial score (nSPS) is 11.6. The van der Waals surface area contributed by atoms with Crippen LogP contribution in [-0.2, 0) is 30.6 Å². The number of ether oxygens (including phenoxy) is 1. The first-order valence-corrected chi connectivity index (χ1v) is 12.9. The van der Waals surface area contributed by atoms with E-state index in [1.54, 1.807) is 13.8 Å². The van der Waals surface area contributed by atoms with E-state index in [0.717, 1.165) is 69.6 Å². The number of rotatable bonds is 15. The van der Waals surface area contributed by atoms with Crippen LogP contribution < -0.4 is 4.74 Å². The lowest BCUT2D eigenvalue weighted by Crippen LogP contribution is -2.37. The Morgan fingerprint density at radius 3 is 2.25 bits per heavy atom. The lowest BCUT2D eigenvalue weighted by atomic mass is 10.1. The van der Waals surface area contributed by atoms with Gasteiger partial charge in [0.2, 0.25) is 0 Å². The standard InChI is InChI=1S/C29H39N3O4/c1-22-11-13-24(14-12-22)21-26-30-27(32(31-26)19-6-4-5-7-20-33)10-8-9-23-15-17-25(18-16-23)36-29(2,3)28(34)35/h11-18,33H,4-10,19-21H2,1-3H3,(H,34,35). The van der Waals surface area contributed by atoms with E-state index in [0.29, 0.717) is 5.75 Å². The summed E-state index contributed by atoms with van der Waals surface area (Å²) in [5.41, 5.74) is 2.36. The molecule has 0 saturated heterocycles. The summed E-state index contributed by atoms with van der Waals surface area (Å²) in [7, 11) is 0. The van der Waals surface area contributed by atoms with Gasteiger partial charge in [-0.1, -0.05) is 54.8 Å². The number of carbonyl (C=O) groups is 1. The maximum Gasteiger partial charge on any atom is 0.347 e. The molecule has 194 valence electrons. The zero-order chi connectivity index (χ0) is 26.0. The van der Waals surface area contributed by atoms with Crippen molar-refractivity contribution in [2.24, 2.45) is 0 Å². The average molecular weight is 494 g/mol. The molecule has 3 rings (SSSR count). The quantitative estimate of drug-likeness (QED) is 0.284. The first kappa shape index (κ1) is 27.4. The maximum absolute atomic E-state index is 11.3. The van der Waals surface area contributed by atoms with Gasteiger partial charge < -0.3 is 14.9 Å². The van der Waals surface area contributed by atoms with Crippen LogP contribution in [0.3, 0.4) is 0 Å². The van der Waals surface area contributed by atoms with Crippen molar-refractivity contribution in [2.75, 3.05) is 6.61 Å². The van der Waals surface area contributed by atoms with Gasteiger partial charge in [0, 0.05) is 26.0 Å². The van der Waals surface area contributed by atoms with Crippen LogP contribution in [-0.4, -0.2) is 43.2 Å². The number of aliphatic hydroxyl groups excluding tert-OH is 1. The average Bonchev–Trinajstić information content (AvgIpc) is 3.22. The highest BCUT2D eigenvalue weighted by Crippen LogP contribution is 2.20. The number of nitrogens with zero attached hydrogens (tertiary/aromatic N) is 3. The monoisotopic (exact) mass is 493 g/mol. The van der Waals surface area contributed by atoms with E-state index in [-0.39, 0.29) is 6.61 Å². The summed E-state index contributed by atoms with van der Waals surface area (Å²) in [6, 6.07) is 16.1. The summed E-state index contributed by atoms with van der Waals surface area (Å²) in [6.07, 6.45) is 7.35. The Labute approximate surface area is 214 Å². The van der Waals surface area contributed by atoms with Crippen molar-refractivity contribution in [1.29, 1.82) is 0 Å². The molecule has 2 N–H and O–H groups in total. The lowest BCUT2D eigenvalue weighted by molar-refractivity contribution is -0.152. The molecule has 7 heteroatoms. The molecule has 0 saturated carbocycles. The van der Waals surface area contributed by atoms with Gasteiger partial charge in [-0.3, -0.25) is 0 Å². The lowest BCUT2D eigenvalue weighted by Gasteiger charge is -2.21. The second-order valence-corrected chi connectivity index (χ2v) is 9.88. The van der Waals surface area contributed by atoms with Crippen LogP contribution in [0.25, 0.3) is 0 Å². The predicted molar refractivity (Wildman–Crippen MR) is 140 cm³/mol. The van der Waals surface area contributed by atoms with E-state index in [1.807, 2.05) is 24.3 Å². The van der Waals surface area contributed by atoms with Gasteiger partial charge in [-0.2, -0.15) is 5.10 Å². The molecule has 0 radical (unpaired) electrons. The van der Waals surface area contributed by atoms with Gasteiger partial charge in [0.1, 0.15) is 11.6 Å². The van der Waals surface area contributed by atoms with Gasteiger partial charge in [-0.15, -0.1) is 0 Å². The zero-order valence-corrected chi connectivity index (χ0v) is 21.7. The number of carboxylic acids is 1. The Morgan fingerprint density at radius 2 is 1.58 bits per heavy atom. The Kier molecular flexibility index (Phi) is 10.1. The smallest absolute Gasteiger partial charge is 0.347 e. The molecule has 7 nitrogen and oxygen atoms in total. The van der Waals surface area contributed by atoms with E-state index in [1.165, 1.54) is 16.7 Å². The number of hydrogen-bond donors (Lipinski definition) is 2. The Morgan fingerprint density at radius 1 is 0.917 bits per heavy atom. The molecular formula is C29H39N3O4. The fraction of sp³-hybridized carbons (Fsp3) is 0.483. The fourth-order valence-corrected chi connectivity index (χ4v) is 3.99. The van der Waals surface area contributed by atoms with Crippen molar-refractivity contribution in [3.63, 3.8) is 0 Å². The maximum atomic E-state index is 11.3. The predicted octanol–water partition coefficient (Wildman–Crippen LogP) is 5.15. The molecule has 0 spiro atoms. The molecule has 3 aromatic rings. The molecule has 1 aromatic heterocycles. The molecule has 0 amide bonds. The SMILES string of the molecule is Cc1ccc(Cc2nc(CCCc3ccc(OC(C)(C)C(=O)O)cc3)n(CCCCCCO)n2)cc1. The van der Waals surface area contributed by atoms with Crippen molar-refractivity contribution in [2.45, 2.75) is 84.3 Å². The van der Waals surface area contributed by atoms with Crippen molar-refractivity contribution < 1.29 is 19.7 Å². The number of unbranched alkanes of at least 4 members (excludes halogenated alkanes) is 3. The summed E-state index contributed by atoms with van der Waals surface area (Å²) in [5, 5.41) is 23.1. The highest BCUT2D eigenvalue weighted by molar-refractivity contribution is 5.76. The molecule has 0 unspecified atom stereocenters. The number of aliphatic carboxylic acids is 1. The highest BCUT2D eigenvalue weighted by atomic mass is 16.5. The summed E-state index contributed by atoms with van der Waals surface area (Å²) >= 11 is 0. The van der Waals surface area contributed by atoms with E-state index < -0.39 is 11.6 Å². The Balaban J connectivity index is 1.59. The highest BCUT2D eigenvalue weighted by Gasteiger charge is 2.29. The van der Waals surface area contributed by atoms with E-state index >= 15 is 0 Å². The molecule has 36 heavy (non-hydrogen) atoms. The van der Waals surface area contributed by atoms with Crippen LogP contribution in [0.5, 0.6) is 5.75 Å². The van der Waals surface area contributed by atoms with Crippen LogP contribution in [0, 0.1) is 6.92 Å². The minimum Gasteiger partial charge on any atom is -0.478 e. The van der Waals surface area contributed by atoms with E-state index in [2.05, 4.69) is 35.9 Å². The second kappa shape index (κ2) is 13.2. The number of aromatic nitrogens is 3. The van der Waals surface area contributed by atoms with E-state index in [9.17, 15) is 9.90 Å². The number of aryl methyl sites for hydroxylation is 4. The van der Waals surface area contributed by atoms with Gasteiger partial charge in [-0.25, -0.2) is 14.5 Å². The third kappa shape index (κ3) is 8.48. The summed E-state index contributed by atoms with van der Waals surface area (Å²) < 4.78 is 7.66. The first-order valence-electron chi connectivity index (χ1n) is 12.9. The van der Waals surface area contributed by atoms with Crippen LogP contribution in [0.1, 0.15) is 74.3 Å². The Bertz CT molecular complexity index is 1090. The molecule has 0 aliphatic carbocycles. The van der Waals surface area contributed by atoms with Crippen LogP contribution >= 0.6 is 0 Å². The Hall–Kier alpha value is -3.19. The third-order valence-electron chi connectivity index (χ3n) is 6.23. The molecule has 0 aliphatic rings. The summed E-state index contributed by atoms with van der Waals surface area (Å²) in [4.78, 5) is 16.2. The molecule has 0 atom stereocenters. The zero-order valence-electron chi connectivity index (χ0n) is 21.7. The van der Waals surface area contributed by atoms with Crippen LogP contribution in [0.15, 0.2) is 48.5 Å². The molecular weight excluding hydrogens is 454 g/mol. The number of benzene rings is 2. The van der Waals surface area contributed by atoms with Gasteiger partial charge in [0.25, 0.3) is 0 Å². The fourth-order valence-electron chi connectivity index (χ4n) is 3.99. The number of aliphatic hydroxyl groups is 1. The number of carboxylic acid groups (broad SMARTS) is 1. The minimum atomic E-state index is -1.26. The second-order valence-electron chi connectivity index (χ2n) is 9.88. The molecule has 2 aromatic carbocycles. The van der Waals surface area contributed by atoms with Crippen LogP contribution in [0.4, 0.5) is 0 Å². The largest absolute Gasteiger partial charge is 0.478 e. The third-order valence-corrected chi connectivity index (χ3v) is 6.23. The van der Waals surface area contributed by atoms with Crippen molar-refractivity contribution >= 4 is 5.97 Å². The first-order chi connectivity index (χ1) is 17.3. The van der Waals surface area contributed by atoms with Gasteiger partial charge in [-0.05, 0) is 69.7 Å². The molecule has 0 fully saturated rings. The van der Waals surface area contributed by atoms with Crippen LogP contribution in [0.2, 0.25) is 0 Å². The minimum absolute atomic E-state index is 0.250. The van der Waals surface area contributed by atoms with Gasteiger partial charge in [0.05, 0.1) is 0 Å². The molecule has 0 bridgehead atoms. The van der Waals surface area contributed by atoms with E-state index in [4.69, 9.17) is 19.9 Å². The molecule has 0 aliphatic heterocycles. The van der Waals surface area contributed by atoms with Crippen molar-refractivity contribution in [3.05, 3.63) is 76.9 Å². The topological polar surface area (TPSA) is 97.5 Å². The summed E-state index contributed by atoms with van der Waals surface area (Å²) in [5.74, 6) is 1.42. The van der Waals surface area contributed by atoms with Gasteiger partial charge in [0.15, 0.2) is 11.4 Å².